The summed E-state index contributed by atoms with van der Waals surface area (Å²) in [4.78, 5) is 38.5. The molecule has 4 N–H and O–H groups in total. The van der Waals surface area contributed by atoms with Gasteiger partial charge in [-0.3, -0.25) is 0 Å². The van der Waals surface area contributed by atoms with Crippen LogP contribution >= 0.6 is 0 Å². The van der Waals surface area contributed by atoms with E-state index in [1.807, 2.05) is 0 Å². The Labute approximate surface area is 175 Å². The summed E-state index contributed by atoms with van der Waals surface area (Å²) in [5, 5.41) is 71.5. The number of hydrogen-bond donors (Lipinski definition) is 4. The summed E-state index contributed by atoms with van der Waals surface area (Å²) in [6.45, 7) is 0. The summed E-state index contributed by atoms with van der Waals surface area (Å²) in [5.41, 5.74) is 0. The van der Waals surface area contributed by atoms with Crippen molar-refractivity contribution >= 4 is 23.9 Å². The van der Waals surface area contributed by atoms with E-state index in [2.05, 4.69) is 0 Å². The molecular formula is C8H8FeKO12. The van der Waals surface area contributed by atoms with Gasteiger partial charge >= 0.3 is 68.5 Å². The molecule has 0 aromatic carbocycles. The van der Waals surface area contributed by atoms with Gasteiger partial charge in [0.25, 0.3) is 0 Å². The molecule has 12 nitrogen and oxygen atoms in total. The first kappa shape index (κ1) is 29.8. The smallest absolute Gasteiger partial charge is 0.547 e. The first-order chi connectivity index (χ1) is 8.93. The maximum absolute atomic E-state index is 9.63. The fourth-order valence-corrected chi connectivity index (χ4v) is 0.516. The van der Waals surface area contributed by atoms with Gasteiger partial charge in [-0.2, -0.15) is 0 Å². The molecule has 0 aliphatic carbocycles. The van der Waals surface area contributed by atoms with Crippen molar-refractivity contribution in [3.05, 3.63) is 0 Å². The van der Waals surface area contributed by atoms with Crippen molar-refractivity contribution in [2.24, 2.45) is 0 Å². The van der Waals surface area contributed by atoms with E-state index in [-0.39, 0.29) is 68.5 Å². The van der Waals surface area contributed by atoms with E-state index in [4.69, 9.17) is 20.4 Å². The van der Waals surface area contributed by atoms with Gasteiger partial charge in [-0.15, -0.1) is 0 Å². The van der Waals surface area contributed by atoms with Gasteiger partial charge in [0.2, 0.25) is 0 Å². The van der Waals surface area contributed by atoms with Gasteiger partial charge in [-0.1, -0.05) is 0 Å². The molecule has 0 aliphatic heterocycles. The minimum atomic E-state index is -2.44. The second kappa shape index (κ2) is 14.5. The van der Waals surface area contributed by atoms with E-state index >= 15 is 0 Å². The summed E-state index contributed by atoms with van der Waals surface area (Å²) in [6.07, 6.45) is -9.76. The monoisotopic (exact) mass is 391 g/mol. The Morgan fingerprint density at radius 1 is 0.545 bits per heavy atom. The predicted octanol–water partition coefficient (Wildman–Crippen LogP) is -12.6. The zero-order valence-corrected chi connectivity index (χ0v) is 14.9. The standard InChI is InChI=1S/2C4H6O6.Fe.K/c2*5-1(3(7)8)2(6)4(9)10;;/h2*1-2,5-6H,(H,7,8)(H,9,10);;/q;;+3;+1/p-4. The van der Waals surface area contributed by atoms with Crippen LogP contribution < -0.4 is 71.8 Å². The molecule has 0 amide bonds. The molecule has 0 bridgehead atoms. The molecule has 4 unspecified atom stereocenters. The molecule has 0 heterocycles. The molecule has 4 atom stereocenters. The molecule has 0 saturated heterocycles. The Hall–Kier alpha value is -0.124. The van der Waals surface area contributed by atoms with Gasteiger partial charge in [0.1, 0.15) is 24.4 Å². The van der Waals surface area contributed by atoms with Crippen LogP contribution in [-0.2, 0) is 36.2 Å². The first-order valence-electron chi connectivity index (χ1n) is 4.49. The van der Waals surface area contributed by atoms with Gasteiger partial charge in [0.15, 0.2) is 0 Å². The number of rotatable bonds is 6. The quantitative estimate of drug-likeness (QED) is 0.308. The van der Waals surface area contributed by atoms with Crippen LogP contribution in [0.2, 0.25) is 0 Å². The summed E-state index contributed by atoms with van der Waals surface area (Å²) in [5.74, 6) is -8.23. The second-order valence-electron chi connectivity index (χ2n) is 3.06. The number of aliphatic carboxylic acids is 4. The normalized spacial score (nSPS) is 14.4. The third-order valence-electron chi connectivity index (χ3n) is 1.56. The van der Waals surface area contributed by atoms with Crippen LogP contribution in [0.4, 0.5) is 0 Å². The number of carboxylic acids is 4. The Kier molecular flexibility index (Phi) is 19.6. The van der Waals surface area contributed by atoms with Crippen LogP contribution in [-0.4, -0.2) is 68.7 Å². The number of carbonyl (C=O) groups is 4. The summed E-state index contributed by atoms with van der Waals surface area (Å²) in [6, 6.07) is 0. The molecule has 0 aromatic rings. The number of aliphatic hydroxyl groups excluding tert-OH is 4. The maximum Gasteiger partial charge on any atom is 3.00 e. The molecule has 1 radical (unpaired) electrons. The van der Waals surface area contributed by atoms with Crippen LogP contribution in [0, 0.1) is 0 Å². The zero-order valence-electron chi connectivity index (χ0n) is 10.7. The van der Waals surface area contributed by atoms with Crippen molar-refractivity contribution in [3.63, 3.8) is 0 Å². The van der Waals surface area contributed by atoms with Crippen molar-refractivity contribution in [1.82, 2.24) is 0 Å². The molecule has 14 heteroatoms. The average molecular weight is 391 g/mol. The Balaban J connectivity index is -0.000000135. The van der Waals surface area contributed by atoms with Crippen molar-refractivity contribution in [2.75, 3.05) is 0 Å². The van der Waals surface area contributed by atoms with E-state index in [1.165, 1.54) is 0 Å². The minimum absolute atomic E-state index is 0. The van der Waals surface area contributed by atoms with E-state index in [0.717, 1.165) is 0 Å². The van der Waals surface area contributed by atoms with Gasteiger partial charge in [0, 0.05) is 0 Å². The Bertz CT molecular complexity index is 315. The van der Waals surface area contributed by atoms with Gasteiger partial charge in [0.05, 0.1) is 23.9 Å². The largest absolute Gasteiger partial charge is 3.00 e. The van der Waals surface area contributed by atoms with Crippen LogP contribution in [0.3, 0.4) is 0 Å². The third-order valence-corrected chi connectivity index (χ3v) is 1.56. The van der Waals surface area contributed by atoms with Gasteiger partial charge in [-0.05, 0) is 0 Å². The van der Waals surface area contributed by atoms with Crippen molar-refractivity contribution in [3.8, 4) is 0 Å². The van der Waals surface area contributed by atoms with Crippen LogP contribution in [0.25, 0.3) is 0 Å². The van der Waals surface area contributed by atoms with E-state index in [0.29, 0.717) is 0 Å². The van der Waals surface area contributed by atoms with Crippen molar-refractivity contribution in [1.29, 1.82) is 0 Å². The first-order valence-corrected chi connectivity index (χ1v) is 4.49. The Morgan fingerprint density at radius 3 is 0.682 bits per heavy atom. The molecule has 0 aliphatic rings. The summed E-state index contributed by atoms with van der Waals surface area (Å²) < 4.78 is 0. The van der Waals surface area contributed by atoms with Gasteiger partial charge in [-0.25, -0.2) is 0 Å². The number of hydrogen-bond acceptors (Lipinski definition) is 12. The SMILES string of the molecule is O=C([O-])C(O)C(O)C(=O)[O-].O=C([O-])C(O)C(O)C(=O)[O-].[Fe+3].[K+]. The van der Waals surface area contributed by atoms with Crippen molar-refractivity contribution < 1.29 is 128 Å². The molecule has 0 fully saturated rings. The van der Waals surface area contributed by atoms with Gasteiger partial charge < -0.3 is 60.0 Å². The molecule has 121 valence electrons. The molecule has 0 saturated carbocycles. The molecule has 22 heavy (non-hydrogen) atoms. The number of aliphatic hydroxyl groups is 4. The van der Waals surface area contributed by atoms with Crippen LogP contribution in [0.5, 0.6) is 0 Å². The fourth-order valence-electron chi connectivity index (χ4n) is 0.516. The van der Waals surface area contributed by atoms with E-state index in [1.54, 1.807) is 0 Å². The maximum atomic E-state index is 9.63. The topological polar surface area (TPSA) is 241 Å². The zero-order chi connectivity index (χ0) is 16.6. The number of carboxylic acid groups (broad SMARTS) is 4. The molecule has 0 aromatic heterocycles. The predicted molar refractivity (Wildman–Crippen MR) is 44.1 cm³/mol. The van der Waals surface area contributed by atoms with Crippen LogP contribution in [0.1, 0.15) is 0 Å². The minimum Gasteiger partial charge on any atom is -0.547 e. The summed E-state index contributed by atoms with van der Waals surface area (Å²) >= 11 is 0. The summed E-state index contributed by atoms with van der Waals surface area (Å²) in [7, 11) is 0. The van der Waals surface area contributed by atoms with E-state index in [9.17, 15) is 39.6 Å². The van der Waals surface area contributed by atoms with Crippen molar-refractivity contribution in [2.45, 2.75) is 24.4 Å². The van der Waals surface area contributed by atoms with Crippen LogP contribution in [0.15, 0.2) is 0 Å². The fraction of sp³-hybridized carbons (Fsp3) is 0.500. The second-order valence-corrected chi connectivity index (χ2v) is 3.06. The Morgan fingerprint density at radius 2 is 0.636 bits per heavy atom. The number of carbonyl (C=O) groups excluding carboxylic acids is 4. The molecule has 0 spiro atoms. The molecule has 0 rings (SSSR count). The van der Waals surface area contributed by atoms with E-state index < -0.39 is 48.3 Å². The molecular weight excluding hydrogens is 383 g/mol. The third kappa shape index (κ3) is 12.4. The average Bonchev–Trinajstić information content (AvgIpc) is 2.35.